The maximum absolute atomic E-state index is 12.0. The van der Waals surface area contributed by atoms with Gasteiger partial charge in [0.25, 0.3) is 5.91 Å². The molecule has 1 fully saturated rings. The van der Waals surface area contributed by atoms with Crippen molar-refractivity contribution in [2.75, 3.05) is 25.1 Å². The van der Waals surface area contributed by atoms with Crippen LogP contribution in [0.1, 0.15) is 35.7 Å². The van der Waals surface area contributed by atoms with Gasteiger partial charge < -0.3 is 20.7 Å². The van der Waals surface area contributed by atoms with Gasteiger partial charge >= 0.3 is 6.03 Å². The first-order valence-corrected chi connectivity index (χ1v) is 7.64. The molecule has 2 rings (SSSR count). The molecule has 0 heterocycles. The van der Waals surface area contributed by atoms with E-state index in [2.05, 4.69) is 16.0 Å². The standard InChI is InChI=1S/C16H23N3O3/c1-3-22-9-8-17-16(21)19-14-10-12(5-4-11(14)2)15(20)18-13-6-7-13/h4-5,10,13H,3,6-9H2,1-2H3,(H,18,20)(H2,17,19,21). The number of hydrogen-bond acceptors (Lipinski definition) is 3. The van der Waals surface area contributed by atoms with Gasteiger partial charge in [0.05, 0.1) is 6.61 Å². The molecule has 6 heteroatoms. The van der Waals surface area contributed by atoms with E-state index >= 15 is 0 Å². The molecule has 0 aliphatic heterocycles. The molecule has 120 valence electrons. The Balaban J connectivity index is 1.91. The number of aryl methyl sites for hydroxylation is 1. The van der Waals surface area contributed by atoms with E-state index in [1.54, 1.807) is 12.1 Å². The molecular formula is C16H23N3O3. The second-order valence-electron chi connectivity index (χ2n) is 5.36. The first-order valence-electron chi connectivity index (χ1n) is 7.64. The normalized spacial score (nSPS) is 13.5. The molecule has 0 aromatic heterocycles. The quantitative estimate of drug-likeness (QED) is 0.675. The number of hydrogen-bond donors (Lipinski definition) is 3. The molecule has 1 aliphatic rings. The largest absolute Gasteiger partial charge is 0.380 e. The van der Waals surface area contributed by atoms with Crippen molar-refractivity contribution < 1.29 is 14.3 Å². The van der Waals surface area contributed by atoms with Crippen LogP contribution in [-0.2, 0) is 4.74 Å². The third kappa shape index (κ3) is 5.04. The predicted molar refractivity (Wildman–Crippen MR) is 85.2 cm³/mol. The highest BCUT2D eigenvalue weighted by atomic mass is 16.5. The van der Waals surface area contributed by atoms with Crippen molar-refractivity contribution in [1.82, 2.24) is 10.6 Å². The first-order chi connectivity index (χ1) is 10.6. The van der Waals surface area contributed by atoms with Gasteiger partial charge in [-0.25, -0.2) is 4.79 Å². The zero-order valence-electron chi connectivity index (χ0n) is 13.1. The van der Waals surface area contributed by atoms with Crippen LogP contribution >= 0.6 is 0 Å². The van der Waals surface area contributed by atoms with E-state index in [9.17, 15) is 9.59 Å². The SMILES string of the molecule is CCOCCNC(=O)Nc1cc(C(=O)NC2CC2)ccc1C. The van der Waals surface area contributed by atoms with Gasteiger partial charge in [0.15, 0.2) is 0 Å². The van der Waals surface area contributed by atoms with Crippen molar-refractivity contribution in [2.24, 2.45) is 0 Å². The Labute approximate surface area is 130 Å². The third-order valence-electron chi connectivity index (χ3n) is 3.40. The molecule has 1 aromatic rings. The molecule has 3 amide bonds. The summed E-state index contributed by atoms with van der Waals surface area (Å²) in [5, 5.41) is 8.41. The number of rotatable bonds is 7. The number of carbonyl (C=O) groups excluding carboxylic acids is 2. The minimum atomic E-state index is -0.303. The van der Waals surface area contributed by atoms with Crippen molar-refractivity contribution in [3.05, 3.63) is 29.3 Å². The molecule has 0 bridgehead atoms. The highest BCUT2D eigenvalue weighted by Gasteiger charge is 2.24. The Hall–Kier alpha value is -2.08. The molecule has 1 aliphatic carbocycles. The highest BCUT2D eigenvalue weighted by molar-refractivity contribution is 5.97. The number of urea groups is 1. The average Bonchev–Trinajstić information content (AvgIpc) is 3.30. The first kappa shape index (κ1) is 16.3. The molecule has 0 saturated heterocycles. The Morgan fingerprint density at radius 1 is 1.32 bits per heavy atom. The van der Waals surface area contributed by atoms with Crippen LogP contribution in [0.3, 0.4) is 0 Å². The summed E-state index contributed by atoms with van der Waals surface area (Å²) in [6, 6.07) is 5.31. The minimum Gasteiger partial charge on any atom is -0.380 e. The lowest BCUT2D eigenvalue weighted by Crippen LogP contribution is -2.32. The van der Waals surface area contributed by atoms with Gasteiger partial charge in [0.2, 0.25) is 0 Å². The van der Waals surface area contributed by atoms with E-state index in [-0.39, 0.29) is 11.9 Å². The van der Waals surface area contributed by atoms with Crippen LogP contribution in [0.25, 0.3) is 0 Å². The number of ether oxygens (including phenoxy) is 1. The molecule has 0 radical (unpaired) electrons. The fourth-order valence-corrected chi connectivity index (χ4v) is 1.94. The summed E-state index contributed by atoms with van der Waals surface area (Å²) in [6.07, 6.45) is 2.09. The van der Waals surface area contributed by atoms with E-state index in [1.807, 2.05) is 19.9 Å². The molecule has 22 heavy (non-hydrogen) atoms. The fraction of sp³-hybridized carbons (Fsp3) is 0.500. The predicted octanol–water partition coefficient (Wildman–Crippen LogP) is 2.05. The number of benzene rings is 1. The zero-order valence-corrected chi connectivity index (χ0v) is 13.1. The van der Waals surface area contributed by atoms with Gasteiger partial charge in [-0.2, -0.15) is 0 Å². The molecule has 1 saturated carbocycles. The van der Waals surface area contributed by atoms with E-state index < -0.39 is 0 Å². The van der Waals surface area contributed by atoms with Crippen molar-refractivity contribution in [3.8, 4) is 0 Å². The Morgan fingerprint density at radius 3 is 2.77 bits per heavy atom. The van der Waals surface area contributed by atoms with Crippen molar-refractivity contribution in [1.29, 1.82) is 0 Å². The molecule has 0 atom stereocenters. The van der Waals surface area contributed by atoms with Gasteiger partial charge in [-0.1, -0.05) is 6.07 Å². The van der Waals surface area contributed by atoms with Crippen molar-refractivity contribution in [3.63, 3.8) is 0 Å². The van der Waals surface area contributed by atoms with Crippen LogP contribution in [0.5, 0.6) is 0 Å². The Morgan fingerprint density at radius 2 is 2.09 bits per heavy atom. The molecule has 0 unspecified atom stereocenters. The van der Waals surface area contributed by atoms with E-state index in [4.69, 9.17) is 4.74 Å². The lowest BCUT2D eigenvalue weighted by atomic mass is 10.1. The summed E-state index contributed by atoms with van der Waals surface area (Å²) < 4.78 is 5.16. The Kier molecular flexibility index (Phi) is 5.77. The maximum Gasteiger partial charge on any atom is 0.319 e. The van der Waals surface area contributed by atoms with Gasteiger partial charge in [-0.05, 0) is 44.4 Å². The zero-order chi connectivity index (χ0) is 15.9. The number of carbonyl (C=O) groups is 2. The topological polar surface area (TPSA) is 79.5 Å². The van der Waals surface area contributed by atoms with Crippen molar-refractivity contribution >= 4 is 17.6 Å². The summed E-state index contributed by atoms with van der Waals surface area (Å²) in [4.78, 5) is 23.9. The lowest BCUT2D eigenvalue weighted by Gasteiger charge is -2.12. The summed E-state index contributed by atoms with van der Waals surface area (Å²) in [6.45, 7) is 5.34. The molecule has 3 N–H and O–H groups in total. The smallest absolute Gasteiger partial charge is 0.319 e. The van der Waals surface area contributed by atoms with E-state index in [1.165, 1.54) is 0 Å². The van der Waals surface area contributed by atoms with Crippen LogP contribution < -0.4 is 16.0 Å². The summed E-state index contributed by atoms with van der Waals surface area (Å²) in [5.74, 6) is -0.0951. The van der Waals surface area contributed by atoms with Crippen LogP contribution in [0.4, 0.5) is 10.5 Å². The lowest BCUT2D eigenvalue weighted by molar-refractivity contribution is 0.0951. The second kappa shape index (κ2) is 7.79. The second-order valence-corrected chi connectivity index (χ2v) is 5.36. The van der Waals surface area contributed by atoms with Gasteiger partial charge in [0.1, 0.15) is 0 Å². The average molecular weight is 305 g/mol. The molecule has 1 aromatic carbocycles. The summed E-state index contributed by atoms with van der Waals surface area (Å²) in [7, 11) is 0. The van der Waals surface area contributed by atoms with Gasteiger partial charge in [0, 0.05) is 30.4 Å². The summed E-state index contributed by atoms with van der Waals surface area (Å²) >= 11 is 0. The number of nitrogens with one attached hydrogen (secondary N) is 3. The minimum absolute atomic E-state index is 0.0951. The van der Waals surface area contributed by atoms with Crippen LogP contribution in [0.15, 0.2) is 18.2 Å². The molecule has 0 spiro atoms. The number of anilines is 1. The van der Waals surface area contributed by atoms with Gasteiger partial charge in [-0.3, -0.25) is 4.79 Å². The third-order valence-corrected chi connectivity index (χ3v) is 3.40. The fourth-order valence-electron chi connectivity index (χ4n) is 1.94. The van der Waals surface area contributed by atoms with Gasteiger partial charge in [-0.15, -0.1) is 0 Å². The van der Waals surface area contributed by atoms with Crippen LogP contribution in [0.2, 0.25) is 0 Å². The maximum atomic E-state index is 12.0. The molecule has 6 nitrogen and oxygen atoms in total. The van der Waals surface area contributed by atoms with E-state index in [0.29, 0.717) is 37.1 Å². The van der Waals surface area contributed by atoms with E-state index in [0.717, 1.165) is 18.4 Å². The monoisotopic (exact) mass is 305 g/mol. The van der Waals surface area contributed by atoms with Crippen LogP contribution in [0, 0.1) is 6.92 Å². The van der Waals surface area contributed by atoms with Crippen molar-refractivity contribution in [2.45, 2.75) is 32.7 Å². The Bertz CT molecular complexity index is 541. The highest BCUT2D eigenvalue weighted by Crippen LogP contribution is 2.21. The molecular weight excluding hydrogens is 282 g/mol. The van der Waals surface area contributed by atoms with Crippen LogP contribution in [-0.4, -0.2) is 37.7 Å². The summed E-state index contributed by atoms with van der Waals surface area (Å²) in [5.41, 5.74) is 2.10. The number of amides is 3.